The summed E-state index contributed by atoms with van der Waals surface area (Å²) >= 11 is 0. The number of hydrogen-bond acceptors (Lipinski definition) is 5. The van der Waals surface area contributed by atoms with Crippen LogP contribution in [0.15, 0.2) is 42.5 Å². The van der Waals surface area contributed by atoms with E-state index in [4.69, 9.17) is 15.2 Å². The Balaban J connectivity index is 1.62. The van der Waals surface area contributed by atoms with E-state index in [2.05, 4.69) is 4.72 Å². The van der Waals surface area contributed by atoms with Gasteiger partial charge in [-0.05, 0) is 37.1 Å². The molecule has 1 aromatic heterocycles. The van der Waals surface area contributed by atoms with Crippen molar-refractivity contribution in [1.82, 2.24) is 4.57 Å². The molecule has 1 fully saturated rings. The van der Waals surface area contributed by atoms with Crippen LogP contribution in [0.1, 0.15) is 12.8 Å². The molecular formula is C21H25N3O4S. The Morgan fingerprint density at radius 2 is 1.86 bits per heavy atom. The minimum Gasteiger partial charge on any atom is -0.491 e. The van der Waals surface area contributed by atoms with Gasteiger partial charge in [0.2, 0.25) is 10.0 Å². The predicted octanol–water partition coefficient (Wildman–Crippen LogP) is 3.36. The normalized spacial score (nSPS) is 14.3. The number of nitrogen functional groups attached to an aromatic ring is 1. The van der Waals surface area contributed by atoms with E-state index in [9.17, 15) is 8.42 Å². The number of fused-ring (bicyclic) bond motifs is 1. The van der Waals surface area contributed by atoms with Crippen LogP contribution in [0.25, 0.3) is 22.2 Å². The zero-order valence-corrected chi connectivity index (χ0v) is 17.3. The topological polar surface area (TPSA) is 95.6 Å². The molecule has 154 valence electrons. The Bertz CT molecular complexity index is 1130. The summed E-state index contributed by atoms with van der Waals surface area (Å²) in [5.41, 5.74) is 10.4. The molecule has 4 rings (SSSR count). The number of aryl methyl sites for hydroxylation is 1. The highest BCUT2D eigenvalue weighted by atomic mass is 32.2. The number of rotatable bonds is 8. The molecule has 8 heteroatoms. The Kier molecular flexibility index (Phi) is 5.14. The van der Waals surface area contributed by atoms with Crippen LogP contribution in [-0.2, 0) is 21.8 Å². The van der Waals surface area contributed by atoms with E-state index in [1.165, 1.54) is 0 Å². The Morgan fingerprint density at radius 3 is 2.52 bits per heavy atom. The lowest BCUT2D eigenvalue weighted by molar-refractivity contribution is 0.146. The summed E-state index contributed by atoms with van der Waals surface area (Å²) in [7, 11) is 0.321. The number of nitrogens with one attached hydrogen (secondary N) is 1. The number of sulfonamides is 1. The van der Waals surface area contributed by atoms with Gasteiger partial charge in [-0.1, -0.05) is 12.1 Å². The lowest BCUT2D eigenvalue weighted by Crippen LogP contribution is -2.17. The highest BCUT2D eigenvalue weighted by molar-refractivity contribution is 7.93. The zero-order chi connectivity index (χ0) is 20.6. The van der Waals surface area contributed by atoms with Crippen molar-refractivity contribution in [2.24, 2.45) is 7.05 Å². The van der Waals surface area contributed by atoms with Crippen molar-refractivity contribution in [1.29, 1.82) is 0 Å². The lowest BCUT2D eigenvalue weighted by Gasteiger charge is -2.10. The minimum atomic E-state index is -3.27. The molecule has 0 spiro atoms. The van der Waals surface area contributed by atoms with Gasteiger partial charge in [-0.25, -0.2) is 8.42 Å². The van der Waals surface area contributed by atoms with Crippen LogP contribution in [0, 0.1) is 0 Å². The van der Waals surface area contributed by atoms with E-state index in [0.717, 1.165) is 40.8 Å². The highest BCUT2D eigenvalue weighted by Gasteiger charge is 2.35. The number of aromatic nitrogens is 1. The van der Waals surface area contributed by atoms with Gasteiger partial charge in [0.05, 0.1) is 28.8 Å². The predicted molar refractivity (Wildman–Crippen MR) is 116 cm³/mol. The molecule has 7 nitrogen and oxygen atoms in total. The highest BCUT2D eigenvalue weighted by Crippen LogP contribution is 2.37. The molecule has 0 radical (unpaired) electrons. The summed E-state index contributed by atoms with van der Waals surface area (Å²) in [6, 6.07) is 13.1. The average molecular weight is 416 g/mol. The number of methoxy groups -OCH3 is 1. The molecule has 29 heavy (non-hydrogen) atoms. The molecule has 0 aliphatic heterocycles. The Morgan fingerprint density at radius 1 is 1.14 bits per heavy atom. The molecule has 0 saturated heterocycles. The Labute approximate surface area is 170 Å². The van der Waals surface area contributed by atoms with Gasteiger partial charge in [-0.3, -0.25) is 4.72 Å². The standard InChI is InChI=1S/C21H25N3O4S/c1-24-19-13-16(28-12-11-27-2)7-10-18(19)20(22)21(24)14-3-5-15(6-4-14)23-29(25,26)17-8-9-17/h3-7,10,13,17,23H,8-9,11-12,22H2,1-2H3. The second-order valence-corrected chi connectivity index (χ2v) is 9.23. The molecule has 1 aliphatic rings. The molecule has 1 saturated carbocycles. The third-order valence-electron chi connectivity index (χ3n) is 5.15. The Hall–Kier alpha value is -2.71. The number of hydrogen-bond donors (Lipinski definition) is 2. The van der Waals surface area contributed by atoms with Gasteiger partial charge in [0.15, 0.2) is 0 Å². The van der Waals surface area contributed by atoms with Crippen LogP contribution in [0.4, 0.5) is 11.4 Å². The van der Waals surface area contributed by atoms with Gasteiger partial charge in [0.25, 0.3) is 0 Å². The molecular weight excluding hydrogens is 390 g/mol. The smallest absolute Gasteiger partial charge is 0.235 e. The van der Waals surface area contributed by atoms with Crippen molar-refractivity contribution < 1.29 is 17.9 Å². The van der Waals surface area contributed by atoms with Gasteiger partial charge >= 0.3 is 0 Å². The van der Waals surface area contributed by atoms with Crippen LogP contribution < -0.4 is 15.2 Å². The summed E-state index contributed by atoms with van der Waals surface area (Å²) in [5, 5.41) is 0.691. The molecule has 0 atom stereocenters. The SMILES string of the molecule is COCCOc1ccc2c(N)c(-c3ccc(NS(=O)(=O)C4CC4)cc3)n(C)c2c1. The van der Waals surface area contributed by atoms with Gasteiger partial charge < -0.3 is 19.8 Å². The largest absolute Gasteiger partial charge is 0.491 e. The van der Waals surface area contributed by atoms with E-state index < -0.39 is 10.0 Å². The minimum absolute atomic E-state index is 0.253. The van der Waals surface area contributed by atoms with Crippen LogP contribution in [0.5, 0.6) is 5.75 Å². The molecule has 2 aromatic carbocycles. The monoisotopic (exact) mass is 415 g/mol. The van der Waals surface area contributed by atoms with E-state index in [-0.39, 0.29) is 5.25 Å². The summed E-state index contributed by atoms with van der Waals surface area (Å²) in [4.78, 5) is 0. The quantitative estimate of drug-likeness (QED) is 0.550. The molecule has 1 aliphatic carbocycles. The number of ether oxygens (including phenoxy) is 2. The second kappa shape index (κ2) is 7.61. The number of nitrogens with zero attached hydrogens (tertiary/aromatic N) is 1. The van der Waals surface area contributed by atoms with Gasteiger partial charge in [0.1, 0.15) is 12.4 Å². The van der Waals surface area contributed by atoms with E-state index in [0.29, 0.717) is 24.6 Å². The summed E-state index contributed by atoms with van der Waals surface area (Å²) in [6.07, 6.45) is 1.47. The van der Waals surface area contributed by atoms with E-state index in [1.807, 2.05) is 41.9 Å². The van der Waals surface area contributed by atoms with E-state index >= 15 is 0 Å². The molecule has 3 aromatic rings. The van der Waals surface area contributed by atoms with E-state index in [1.54, 1.807) is 19.2 Å². The van der Waals surface area contributed by atoms with Crippen LogP contribution in [0.2, 0.25) is 0 Å². The van der Waals surface area contributed by atoms with Crippen molar-refractivity contribution in [3.05, 3.63) is 42.5 Å². The van der Waals surface area contributed by atoms with Crippen molar-refractivity contribution in [2.45, 2.75) is 18.1 Å². The van der Waals surface area contributed by atoms with Gasteiger partial charge in [-0.15, -0.1) is 0 Å². The fourth-order valence-electron chi connectivity index (χ4n) is 3.45. The number of nitrogens with two attached hydrogens (primary N) is 1. The third kappa shape index (κ3) is 3.90. The molecule has 0 bridgehead atoms. The maximum absolute atomic E-state index is 12.1. The maximum atomic E-state index is 12.1. The van der Waals surface area contributed by atoms with Crippen LogP contribution in [-0.4, -0.2) is 38.6 Å². The van der Waals surface area contributed by atoms with Crippen LogP contribution >= 0.6 is 0 Å². The van der Waals surface area contributed by atoms with Gasteiger partial charge in [-0.2, -0.15) is 0 Å². The maximum Gasteiger partial charge on any atom is 0.235 e. The molecule has 0 unspecified atom stereocenters. The lowest BCUT2D eigenvalue weighted by atomic mass is 10.1. The summed E-state index contributed by atoms with van der Waals surface area (Å²) < 4.78 is 39.6. The van der Waals surface area contributed by atoms with Crippen molar-refractivity contribution in [3.8, 4) is 17.0 Å². The average Bonchev–Trinajstić information content (AvgIpc) is 3.52. The number of benzene rings is 2. The van der Waals surface area contributed by atoms with Crippen molar-refractivity contribution in [2.75, 3.05) is 30.8 Å². The first-order valence-corrected chi connectivity index (χ1v) is 11.1. The molecule has 1 heterocycles. The summed E-state index contributed by atoms with van der Waals surface area (Å²) in [5.74, 6) is 0.756. The fraction of sp³-hybridized carbons (Fsp3) is 0.333. The van der Waals surface area contributed by atoms with Gasteiger partial charge in [0, 0.05) is 36.9 Å². The van der Waals surface area contributed by atoms with Crippen molar-refractivity contribution in [3.63, 3.8) is 0 Å². The first kappa shape index (κ1) is 19.6. The summed E-state index contributed by atoms with van der Waals surface area (Å²) in [6.45, 7) is 1.00. The first-order valence-electron chi connectivity index (χ1n) is 9.52. The second-order valence-electron chi connectivity index (χ2n) is 7.27. The van der Waals surface area contributed by atoms with Crippen molar-refractivity contribution >= 4 is 32.3 Å². The zero-order valence-electron chi connectivity index (χ0n) is 16.5. The van der Waals surface area contributed by atoms with Crippen LogP contribution in [0.3, 0.4) is 0 Å². The fourth-order valence-corrected chi connectivity index (χ4v) is 4.84. The third-order valence-corrected chi connectivity index (χ3v) is 7.02. The molecule has 0 amide bonds. The molecule has 3 N–H and O–H groups in total. The number of anilines is 2. The first-order chi connectivity index (χ1) is 13.9.